The van der Waals surface area contributed by atoms with E-state index in [0.29, 0.717) is 6.04 Å². The largest absolute Gasteiger partial charge is 0.377 e. The third-order valence-electron chi connectivity index (χ3n) is 4.34. The fourth-order valence-corrected chi connectivity index (χ4v) is 3.03. The van der Waals surface area contributed by atoms with E-state index in [1.807, 2.05) is 7.11 Å². The van der Waals surface area contributed by atoms with Gasteiger partial charge in [-0.3, -0.25) is 4.90 Å². The highest BCUT2D eigenvalue weighted by atomic mass is 16.5. The number of nitrogens with one attached hydrogen (secondary N) is 1. The second-order valence-electron chi connectivity index (χ2n) is 6.82. The molecular weight excluding hydrogens is 260 g/mol. The zero-order valence-electron chi connectivity index (χ0n) is 14.0. The van der Waals surface area contributed by atoms with E-state index in [4.69, 9.17) is 4.74 Å². The van der Waals surface area contributed by atoms with Gasteiger partial charge < -0.3 is 10.1 Å². The van der Waals surface area contributed by atoms with Gasteiger partial charge in [-0.2, -0.15) is 0 Å². The zero-order valence-corrected chi connectivity index (χ0v) is 14.0. The predicted octanol–water partition coefficient (Wildman–Crippen LogP) is 3.19. The summed E-state index contributed by atoms with van der Waals surface area (Å²) in [5, 5.41) is 3.48. The molecule has 21 heavy (non-hydrogen) atoms. The molecule has 0 amide bonds. The second kappa shape index (κ2) is 7.39. The molecule has 0 radical (unpaired) electrons. The Balaban J connectivity index is 1.94. The Morgan fingerprint density at radius 1 is 1.33 bits per heavy atom. The Morgan fingerprint density at radius 3 is 2.81 bits per heavy atom. The molecule has 1 fully saturated rings. The predicted molar refractivity (Wildman–Crippen MR) is 88.3 cm³/mol. The lowest BCUT2D eigenvalue weighted by Gasteiger charge is -2.39. The van der Waals surface area contributed by atoms with Gasteiger partial charge in [0.05, 0.1) is 5.60 Å². The molecule has 0 spiro atoms. The van der Waals surface area contributed by atoms with E-state index in [2.05, 4.69) is 55.3 Å². The Morgan fingerprint density at radius 2 is 2.10 bits per heavy atom. The van der Waals surface area contributed by atoms with Crippen LogP contribution in [-0.4, -0.2) is 36.7 Å². The van der Waals surface area contributed by atoms with Crippen LogP contribution in [0.15, 0.2) is 24.3 Å². The number of benzene rings is 1. The molecule has 2 rings (SSSR count). The first-order valence-corrected chi connectivity index (χ1v) is 8.09. The molecular formula is C18H30N2O. The minimum atomic E-state index is 0.0229. The van der Waals surface area contributed by atoms with Gasteiger partial charge >= 0.3 is 0 Å². The van der Waals surface area contributed by atoms with E-state index in [1.165, 1.54) is 30.5 Å². The van der Waals surface area contributed by atoms with Crippen LogP contribution in [0.1, 0.15) is 44.7 Å². The molecule has 1 aliphatic heterocycles. The van der Waals surface area contributed by atoms with Gasteiger partial charge in [-0.25, -0.2) is 0 Å². The molecule has 1 saturated heterocycles. The highest BCUT2D eigenvalue weighted by Crippen LogP contribution is 2.25. The Bertz CT molecular complexity index is 447. The molecule has 0 bridgehead atoms. The summed E-state index contributed by atoms with van der Waals surface area (Å²) in [7, 11) is 1.84. The van der Waals surface area contributed by atoms with Crippen molar-refractivity contribution in [2.75, 3.05) is 20.2 Å². The fraction of sp³-hybridized carbons (Fsp3) is 0.667. The molecule has 0 aliphatic carbocycles. The Labute approximate surface area is 129 Å². The van der Waals surface area contributed by atoms with Crippen molar-refractivity contribution in [1.29, 1.82) is 0 Å². The van der Waals surface area contributed by atoms with E-state index in [1.54, 1.807) is 0 Å². The van der Waals surface area contributed by atoms with Crippen molar-refractivity contribution in [1.82, 2.24) is 10.2 Å². The number of nitrogens with zero attached hydrogens (tertiary/aromatic N) is 1. The molecule has 3 heteroatoms. The maximum absolute atomic E-state index is 5.68. The lowest BCUT2D eigenvalue weighted by molar-refractivity contribution is -0.0527. The number of hydrogen-bond acceptors (Lipinski definition) is 3. The first-order valence-electron chi connectivity index (χ1n) is 8.09. The molecule has 3 nitrogen and oxygen atoms in total. The number of hydrogen-bond donors (Lipinski definition) is 1. The molecule has 1 aliphatic rings. The molecule has 1 N–H and O–H groups in total. The quantitative estimate of drug-likeness (QED) is 0.871. The molecule has 0 aromatic heterocycles. The minimum Gasteiger partial charge on any atom is -0.377 e. The molecule has 1 atom stereocenters. The minimum absolute atomic E-state index is 0.0229. The summed E-state index contributed by atoms with van der Waals surface area (Å²) in [6, 6.07) is 9.46. The van der Waals surface area contributed by atoms with Crippen molar-refractivity contribution in [2.24, 2.45) is 0 Å². The van der Waals surface area contributed by atoms with Gasteiger partial charge in [0.2, 0.25) is 0 Å². The summed E-state index contributed by atoms with van der Waals surface area (Å²) in [5.74, 6) is 0. The highest BCUT2D eigenvalue weighted by molar-refractivity contribution is 5.23. The standard InChI is InChI=1S/C18H30N2O/c1-15(2)19-12-16-7-5-8-17(11-16)13-20-10-6-9-18(3,14-20)21-4/h5,7-8,11,15,19H,6,9-10,12-14H2,1-4H3. The van der Waals surface area contributed by atoms with Crippen LogP contribution in [0.2, 0.25) is 0 Å². The van der Waals surface area contributed by atoms with Crippen LogP contribution in [0, 0.1) is 0 Å². The first-order chi connectivity index (χ1) is 10.0. The van der Waals surface area contributed by atoms with Crippen molar-refractivity contribution in [2.45, 2.75) is 58.3 Å². The lowest BCUT2D eigenvalue weighted by Crippen LogP contribution is -2.46. The van der Waals surface area contributed by atoms with Crippen molar-refractivity contribution >= 4 is 0 Å². The van der Waals surface area contributed by atoms with E-state index in [0.717, 1.165) is 19.6 Å². The van der Waals surface area contributed by atoms with Crippen LogP contribution in [0.5, 0.6) is 0 Å². The molecule has 1 aromatic carbocycles. The van der Waals surface area contributed by atoms with Gasteiger partial charge in [0.1, 0.15) is 0 Å². The van der Waals surface area contributed by atoms with Gasteiger partial charge in [-0.05, 0) is 37.4 Å². The van der Waals surface area contributed by atoms with Crippen LogP contribution in [0.25, 0.3) is 0 Å². The normalized spacial score (nSPS) is 23.7. The number of ether oxygens (including phenoxy) is 1. The third-order valence-corrected chi connectivity index (χ3v) is 4.34. The maximum Gasteiger partial charge on any atom is 0.0777 e. The summed E-state index contributed by atoms with van der Waals surface area (Å²) in [6.45, 7) is 10.8. The number of methoxy groups -OCH3 is 1. The van der Waals surface area contributed by atoms with Crippen LogP contribution in [0.4, 0.5) is 0 Å². The third kappa shape index (κ3) is 5.10. The van der Waals surface area contributed by atoms with Gasteiger partial charge in [-0.15, -0.1) is 0 Å². The van der Waals surface area contributed by atoms with Crippen molar-refractivity contribution in [3.8, 4) is 0 Å². The Kier molecular flexibility index (Phi) is 5.80. The van der Waals surface area contributed by atoms with E-state index < -0.39 is 0 Å². The summed E-state index contributed by atoms with van der Waals surface area (Å²) in [5.41, 5.74) is 2.79. The summed E-state index contributed by atoms with van der Waals surface area (Å²) < 4.78 is 5.68. The van der Waals surface area contributed by atoms with Crippen molar-refractivity contribution in [3.63, 3.8) is 0 Å². The molecule has 1 heterocycles. The highest BCUT2D eigenvalue weighted by Gasteiger charge is 2.30. The van der Waals surface area contributed by atoms with Gasteiger partial charge in [0, 0.05) is 32.8 Å². The SMILES string of the molecule is COC1(C)CCCN(Cc2cccc(CNC(C)C)c2)C1. The summed E-state index contributed by atoms with van der Waals surface area (Å²) in [4.78, 5) is 2.52. The van der Waals surface area contributed by atoms with Crippen LogP contribution < -0.4 is 5.32 Å². The van der Waals surface area contributed by atoms with E-state index >= 15 is 0 Å². The molecule has 1 aromatic rings. The molecule has 118 valence electrons. The number of rotatable bonds is 6. The topological polar surface area (TPSA) is 24.5 Å². The fourth-order valence-electron chi connectivity index (χ4n) is 3.03. The lowest BCUT2D eigenvalue weighted by atomic mass is 9.94. The smallest absolute Gasteiger partial charge is 0.0777 e. The Hall–Kier alpha value is -0.900. The van der Waals surface area contributed by atoms with Crippen LogP contribution >= 0.6 is 0 Å². The first kappa shape index (κ1) is 16.5. The van der Waals surface area contributed by atoms with Gasteiger partial charge in [0.25, 0.3) is 0 Å². The van der Waals surface area contributed by atoms with Crippen LogP contribution in [-0.2, 0) is 17.8 Å². The summed E-state index contributed by atoms with van der Waals surface area (Å²) in [6.07, 6.45) is 2.39. The van der Waals surface area contributed by atoms with Crippen molar-refractivity contribution < 1.29 is 4.74 Å². The van der Waals surface area contributed by atoms with Gasteiger partial charge in [0.15, 0.2) is 0 Å². The molecule has 0 saturated carbocycles. The number of piperidine rings is 1. The van der Waals surface area contributed by atoms with Crippen LogP contribution in [0.3, 0.4) is 0 Å². The van der Waals surface area contributed by atoms with E-state index in [9.17, 15) is 0 Å². The number of likely N-dealkylation sites (tertiary alicyclic amines) is 1. The summed E-state index contributed by atoms with van der Waals surface area (Å²) >= 11 is 0. The van der Waals surface area contributed by atoms with Crippen molar-refractivity contribution in [3.05, 3.63) is 35.4 Å². The monoisotopic (exact) mass is 290 g/mol. The van der Waals surface area contributed by atoms with Gasteiger partial charge in [-0.1, -0.05) is 38.1 Å². The average Bonchev–Trinajstić information content (AvgIpc) is 2.46. The van der Waals surface area contributed by atoms with E-state index in [-0.39, 0.29) is 5.60 Å². The maximum atomic E-state index is 5.68. The zero-order chi connectivity index (χ0) is 15.3. The average molecular weight is 290 g/mol. The second-order valence-corrected chi connectivity index (χ2v) is 6.82. The molecule has 1 unspecified atom stereocenters.